The highest BCUT2D eigenvalue weighted by molar-refractivity contribution is 5.92. The molecule has 0 aromatic heterocycles. The van der Waals surface area contributed by atoms with Crippen molar-refractivity contribution in [1.82, 2.24) is 5.32 Å². The van der Waals surface area contributed by atoms with Crippen molar-refractivity contribution >= 4 is 17.6 Å². The van der Waals surface area contributed by atoms with Gasteiger partial charge in [-0.25, -0.2) is 9.18 Å². The SMILES string of the molecule is NC(=O)NC1CCC(C(=O)Nc2ccc(F)cc2)CC1. The summed E-state index contributed by atoms with van der Waals surface area (Å²) in [7, 11) is 0. The molecule has 0 aliphatic heterocycles. The second kappa shape index (κ2) is 6.36. The molecule has 5 nitrogen and oxygen atoms in total. The fraction of sp³-hybridized carbons (Fsp3) is 0.429. The minimum Gasteiger partial charge on any atom is -0.352 e. The van der Waals surface area contributed by atoms with Crippen LogP contribution in [0.2, 0.25) is 0 Å². The van der Waals surface area contributed by atoms with Gasteiger partial charge in [-0.15, -0.1) is 0 Å². The van der Waals surface area contributed by atoms with Crippen molar-refractivity contribution in [1.29, 1.82) is 0 Å². The Morgan fingerprint density at radius 1 is 1.10 bits per heavy atom. The molecule has 1 fully saturated rings. The molecular formula is C14H18FN3O2. The quantitative estimate of drug-likeness (QED) is 0.790. The number of amides is 3. The smallest absolute Gasteiger partial charge is 0.312 e. The number of carbonyl (C=O) groups excluding carboxylic acids is 2. The van der Waals surface area contributed by atoms with Crippen LogP contribution in [0.1, 0.15) is 25.7 Å². The van der Waals surface area contributed by atoms with E-state index in [9.17, 15) is 14.0 Å². The van der Waals surface area contributed by atoms with Gasteiger partial charge in [0.15, 0.2) is 0 Å². The highest BCUT2D eigenvalue weighted by atomic mass is 19.1. The van der Waals surface area contributed by atoms with E-state index in [1.165, 1.54) is 24.3 Å². The number of hydrogen-bond donors (Lipinski definition) is 3. The van der Waals surface area contributed by atoms with Crippen LogP contribution in [0.25, 0.3) is 0 Å². The molecule has 1 aliphatic carbocycles. The molecule has 1 saturated carbocycles. The van der Waals surface area contributed by atoms with Crippen LogP contribution < -0.4 is 16.4 Å². The molecule has 0 radical (unpaired) electrons. The lowest BCUT2D eigenvalue weighted by atomic mass is 9.85. The zero-order valence-electron chi connectivity index (χ0n) is 11.1. The topological polar surface area (TPSA) is 84.2 Å². The lowest BCUT2D eigenvalue weighted by molar-refractivity contribution is -0.120. The first kappa shape index (κ1) is 14.3. The predicted molar refractivity (Wildman–Crippen MR) is 73.5 cm³/mol. The van der Waals surface area contributed by atoms with E-state index in [4.69, 9.17) is 5.73 Å². The molecular weight excluding hydrogens is 261 g/mol. The molecule has 0 saturated heterocycles. The Kier molecular flexibility index (Phi) is 4.55. The van der Waals surface area contributed by atoms with Crippen molar-refractivity contribution in [2.75, 3.05) is 5.32 Å². The van der Waals surface area contributed by atoms with E-state index in [0.29, 0.717) is 18.5 Å². The van der Waals surface area contributed by atoms with Gasteiger partial charge in [0.05, 0.1) is 0 Å². The van der Waals surface area contributed by atoms with Crippen LogP contribution in [-0.2, 0) is 4.79 Å². The second-order valence-corrected chi connectivity index (χ2v) is 5.05. The number of nitrogens with two attached hydrogens (primary N) is 1. The van der Waals surface area contributed by atoms with Gasteiger partial charge < -0.3 is 16.4 Å². The molecule has 0 bridgehead atoms. The van der Waals surface area contributed by atoms with Crippen LogP contribution >= 0.6 is 0 Å². The van der Waals surface area contributed by atoms with Crippen LogP contribution in [0.5, 0.6) is 0 Å². The van der Waals surface area contributed by atoms with E-state index in [0.717, 1.165) is 12.8 Å². The average Bonchev–Trinajstić information content (AvgIpc) is 2.41. The van der Waals surface area contributed by atoms with E-state index in [1.807, 2.05) is 0 Å². The highest BCUT2D eigenvalue weighted by Gasteiger charge is 2.26. The Morgan fingerprint density at radius 2 is 1.70 bits per heavy atom. The summed E-state index contributed by atoms with van der Waals surface area (Å²) in [5.74, 6) is -0.471. The van der Waals surface area contributed by atoms with Gasteiger partial charge in [-0.1, -0.05) is 0 Å². The van der Waals surface area contributed by atoms with Crippen molar-refractivity contribution in [2.45, 2.75) is 31.7 Å². The summed E-state index contributed by atoms with van der Waals surface area (Å²) in [4.78, 5) is 22.8. The molecule has 4 N–H and O–H groups in total. The Balaban J connectivity index is 1.82. The third-order valence-corrected chi connectivity index (χ3v) is 3.56. The van der Waals surface area contributed by atoms with E-state index >= 15 is 0 Å². The summed E-state index contributed by atoms with van der Waals surface area (Å²) in [6, 6.07) is 5.22. The minimum absolute atomic E-state index is 0.0578. The summed E-state index contributed by atoms with van der Waals surface area (Å²) >= 11 is 0. The van der Waals surface area contributed by atoms with Gasteiger partial charge in [-0.2, -0.15) is 0 Å². The van der Waals surface area contributed by atoms with Gasteiger partial charge in [-0.05, 0) is 49.9 Å². The van der Waals surface area contributed by atoms with Crippen molar-refractivity contribution in [3.63, 3.8) is 0 Å². The molecule has 6 heteroatoms. The summed E-state index contributed by atoms with van der Waals surface area (Å²) in [6.07, 6.45) is 2.89. The van der Waals surface area contributed by atoms with Gasteiger partial charge in [0.2, 0.25) is 5.91 Å². The number of halogens is 1. The molecule has 1 aromatic rings. The van der Waals surface area contributed by atoms with E-state index in [1.54, 1.807) is 0 Å². The van der Waals surface area contributed by atoms with Crippen LogP contribution in [-0.4, -0.2) is 18.0 Å². The van der Waals surface area contributed by atoms with Crippen molar-refractivity contribution < 1.29 is 14.0 Å². The van der Waals surface area contributed by atoms with Crippen LogP contribution in [0.4, 0.5) is 14.9 Å². The van der Waals surface area contributed by atoms with Crippen LogP contribution in [0, 0.1) is 11.7 Å². The summed E-state index contributed by atoms with van der Waals surface area (Å²) in [6.45, 7) is 0. The zero-order chi connectivity index (χ0) is 14.5. The largest absolute Gasteiger partial charge is 0.352 e. The first-order chi connectivity index (χ1) is 9.54. The Morgan fingerprint density at radius 3 is 2.25 bits per heavy atom. The molecule has 0 spiro atoms. The van der Waals surface area contributed by atoms with Crippen molar-refractivity contribution in [3.8, 4) is 0 Å². The third kappa shape index (κ3) is 3.94. The standard InChI is InChI=1S/C14H18FN3O2/c15-10-3-7-11(8-4-10)17-13(19)9-1-5-12(6-2-9)18-14(16)20/h3-4,7-9,12H,1-2,5-6H2,(H,17,19)(H3,16,18,20). The minimum atomic E-state index is -0.524. The molecule has 3 amide bonds. The molecule has 0 unspecified atom stereocenters. The third-order valence-electron chi connectivity index (χ3n) is 3.56. The number of carbonyl (C=O) groups is 2. The molecule has 1 aromatic carbocycles. The molecule has 20 heavy (non-hydrogen) atoms. The predicted octanol–water partition coefficient (Wildman–Crippen LogP) is 1.99. The summed E-state index contributed by atoms with van der Waals surface area (Å²) < 4.78 is 12.8. The second-order valence-electron chi connectivity index (χ2n) is 5.05. The summed E-state index contributed by atoms with van der Waals surface area (Å²) in [5, 5.41) is 5.44. The van der Waals surface area contributed by atoms with E-state index < -0.39 is 6.03 Å². The molecule has 1 aliphatic rings. The number of rotatable bonds is 3. The normalized spacial score (nSPS) is 22.1. The van der Waals surface area contributed by atoms with Crippen LogP contribution in [0.15, 0.2) is 24.3 Å². The maximum atomic E-state index is 12.8. The Bertz CT molecular complexity index is 482. The monoisotopic (exact) mass is 279 g/mol. The molecule has 0 atom stereocenters. The van der Waals surface area contributed by atoms with Crippen molar-refractivity contribution in [2.24, 2.45) is 11.7 Å². The number of benzene rings is 1. The Hall–Kier alpha value is -2.11. The van der Waals surface area contributed by atoms with Gasteiger partial charge in [0, 0.05) is 17.6 Å². The maximum Gasteiger partial charge on any atom is 0.312 e. The number of primary amides is 1. The van der Waals surface area contributed by atoms with Crippen LogP contribution in [0.3, 0.4) is 0 Å². The van der Waals surface area contributed by atoms with E-state index in [2.05, 4.69) is 10.6 Å². The number of nitrogens with one attached hydrogen (secondary N) is 2. The maximum absolute atomic E-state index is 12.8. The number of hydrogen-bond acceptors (Lipinski definition) is 2. The molecule has 2 rings (SSSR count). The van der Waals surface area contributed by atoms with Gasteiger partial charge in [0.1, 0.15) is 5.82 Å². The molecule has 0 heterocycles. The van der Waals surface area contributed by atoms with Crippen molar-refractivity contribution in [3.05, 3.63) is 30.1 Å². The first-order valence-corrected chi connectivity index (χ1v) is 6.67. The zero-order valence-corrected chi connectivity index (χ0v) is 11.1. The first-order valence-electron chi connectivity index (χ1n) is 6.67. The summed E-state index contributed by atoms with van der Waals surface area (Å²) in [5.41, 5.74) is 5.66. The average molecular weight is 279 g/mol. The lowest BCUT2D eigenvalue weighted by Crippen LogP contribution is -2.42. The fourth-order valence-corrected chi connectivity index (χ4v) is 2.48. The lowest BCUT2D eigenvalue weighted by Gasteiger charge is -2.27. The highest BCUT2D eigenvalue weighted by Crippen LogP contribution is 2.25. The Labute approximate surface area is 116 Å². The van der Waals surface area contributed by atoms with Gasteiger partial charge in [-0.3, -0.25) is 4.79 Å². The van der Waals surface area contributed by atoms with Gasteiger partial charge in [0.25, 0.3) is 0 Å². The number of urea groups is 1. The fourth-order valence-electron chi connectivity index (χ4n) is 2.48. The van der Waals surface area contributed by atoms with Gasteiger partial charge >= 0.3 is 6.03 Å². The van der Waals surface area contributed by atoms with E-state index in [-0.39, 0.29) is 23.7 Å². The number of anilines is 1. The molecule has 108 valence electrons.